The molecule has 0 aromatic heterocycles. The fraction of sp³-hybridized carbons (Fsp3) is 0.410. The predicted octanol–water partition coefficient (Wildman–Crippen LogP) is 9.06. The molecule has 0 aliphatic carbocycles. The van der Waals surface area contributed by atoms with Gasteiger partial charge in [0.2, 0.25) is 0 Å². The van der Waals surface area contributed by atoms with Gasteiger partial charge >= 0.3 is 0 Å². The summed E-state index contributed by atoms with van der Waals surface area (Å²) in [6, 6.07) is 21.8. The van der Waals surface area contributed by atoms with Gasteiger partial charge in [0.25, 0.3) is 5.91 Å². The predicted molar refractivity (Wildman–Crippen MR) is 191 cm³/mol. The smallest absolute Gasteiger partial charge is 0.255 e. The van der Waals surface area contributed by atoms with Crippen molar-refractivity contribution in [2.24, 2.45) is 4.99 Å². The van der Waals surface area contributed by atoms with Crippen LogP contribution in [0.15, 0.2) is 77.8 Å². The van der Waals surface area contributed by atoms with Crippen molar-refractivity contribution in [1.82, 2.24) is 4.90 Å². The van der Waals surface area contributed by atoms with Gasteiger partial charge in [-0.25, -0.2) is 4.99 Å². The highest BCUT2D eigenvalue weighted by atomic mass is 16.1. The number of ketones is 1. The molecule has 45 heavy (non-hydrogen) atoms. The van der Waals surface area contributed by atoms with Crippen molar-refractivity contribution >= 4 is 34.6 Å². The van der Waals surface area contributed by atoms with Crippen molar-refractivity contribution in [2.45, 2.75) is 86.5 Å². The quantitative estimate of drug-likeness (QED) is 0.141. The minimum Gasteiger partial charge on any atom is -0.337 e. The van der Waals surface area contributed by atoms with Crippen LogP contribution >= 0.6 is 0 Å². The monoisotopic (exact) mass is 608 g/mol. The third-order valence-corrected chi connectivity index (χ3v) is 7.95. The first kappa shape index (κ1) is 35.4. The zero-order valence-electron chi connectivity index (χ0n) is 28.6. The average Bonchev–Trinajstić information content (AvgIpc) is 3.02. The van der Waals surface area contributed by atoms with Crippen LogP contribution in [-0.2, 0) is 16.6 Å². The number of hydrogen-bond acceptors (Lipinski definition) is 4. The molecule has 3 rings (SSSR count). The summed E-state index contributed by atoms with van der Waals surface area (Å²) < 4.78 is 0. The van der Waals surface area contributed by atoms with Gasteiger partial charge in [-0.2, -0.15) is 0 Å². The summed E-state index contributed by atoms with van der Waals surface area (Å²) in [6.07, 6.45) is 5.47. The lowest BCUT2D eigenvalue weighted by Gasteiger charge is -2.21. The molecule has 0 saturated heterocycles. The van der Waals surface area contributed by atoms with Gasteiger partial charge in [0.15, 0.2) is 11.6 Å². The molecule has 0 aliphatic heterocycles. The van der Waals surface area contributed by atoms with Gasteiger partial charge in [0.1, 0.15) is 0 Å². The van der Waals surface area contributed by atoms with Gasteiger partial charge in [-0.05, 0) is 98.6 Å². The highest BCUT2D eigenvalue weighted by Gasteiger charge is 2.17. The normalized spacial score (nSPS) is 12.4. The van der Waals surface area contributed by atoms with E-state index >= 15 is 0 Å². The Labute approximate surface area is 271 Å². The molecule has 1 amide bonds. The van der Waals surface area contributed by atoms with E-state index in [1.54, 1.807) is 0 Å². The number of nitrogens with one attached hydrogen (secondary N) is 2. The second-order valence-electron chi connectivity index (χ2n) is 12.6. The number of hydrogen-bond donors (Lipinski definition) is 2. The van der Waals surface area contributed by atoms with E-state index in [4.69, 9.17) is 4.99 Å². The topological polar surface area (TPSA) is 73.8 Å². The molecular formula is C39H52N4O2. The Morgan fingerprint density at radius 3 is 2.13 bits per heavy atom. The van der Waals surface area contributed by atoms with E-state index in [9.17, 15) is 9.59 Å². The van der Waals surface area contributed by atoms with Gasteiger partial charge in [-0.3, -0.25) is 9.59 Å². The van der Waals surface area contributed by atoms with Crippen molar-refractivity contribution in [2.75, 3.05) is 30.3 Å². The molecule has 0 radical (unpaired) electrons. The van der Waals surface area contributed by atoms with Crippen molar-refractivity contribution < 1.29 is 9.59 Å². The molecule has 3 aromatic carbocycles. The van der Waals surface area contributed by atoms with Crippen LogP contribution in [-0.4, -0.2) is 42.1 Å². The number of rotatable bonds is 14. The molecule has 240 valence electrons. The van der Waals surface area contributed by atoms with E-state index in [-0.39, 0.29) is 17.1 Å². The van der Waals surface area contributed by atoms with Gasteiger partial charge < -0.3 is 15.5 Å². The van der Waals surface area contributed by atoms with Crippen LogP contribution in [0.2, 0.25) is 0 Å². The maximum Gasteiger partial charge on any atom is 0.255 e. The fourth-order valence-electron chi connectivity index (χ4n) is 5.29. The molecule has 0 atom stereocenters. The summed E-state index contributed by atoms with van der Waals surface area (Å²) in [5.41, 5.74) is 6.95. The summed E-state index contributed by atoms with van der Waals surface area (Å²) in [5, 5.41) is 6.39. The lowest BCUT2D eigenvalue weighted by atomic mass is 9.86. The third kappa shape index (κ3) is 10.3. The minimum atomic E-state index is -0.169. The first-order valence-electron chi connectivity index (χ1n) is 16.4. The number of Topliss-reactive ketones (excluding diaryl/α,β-unsaturated/α-hetero) is 1. The van der Waals surface area contributed by atoms with Crippen molar-refractivity contribution in [3.8, 4) is 0 Å². The largest absolute Gasteiger partial charge is 0.337 e. The van der Waals surface area contributed by atoms with E-state index in [0.717, 1.165) is 55.7 Å². The fourth-order valence-corrected chi connectivity index (χ4v) is 5.29. The Kier molecular flexibility index (Phi) is 13.3. The van der Waals surface area contributed by atoms with Crippen LogP contribution in [0.5, 0.6) is 0 Å². The van der Waals surface area contributed by atoms with Crippen LogP contribution in [0, 0.1) is 6.92 Å². The van der Waals surface area contributed by atoms with Crippen molar-refractivity contribution in [3.05, 3.63) is 101 Å². The molecule has 6 heteroatoms. The number of carbonyl (C=O) groups is 2. The van der Waals surface area contributed by atoms with E-state index in [0.29, 0.717) is 29.2 Å². The lowest BCUT2D eigenvalue weighted by molar-refractivity contribution is -0.112. The van der Waals surface area contributed by atoms with Crippen LogP contribution in [0.25, 0.3) is 5.70 Å². The second-order valence-corrected chi connectivity index (χ2v) is 12.6. The summed E-state index contributed by atoms with van der Waals surface area (Å²) in [7, 11) is 0. The molecule has 6 nitrogen and oxygen atoms in total. The number of amidine groups is 1. The number of benzene rings is 3. The van der Waals surface area contributed by atoms with E-state index in [2.05, 4.69) is 62.3 Å². The van der Waals surface area contributed by atoms with Gasteiger partial charge in [0.05, 0.1) is 5.70 Å². The molecule has 0 fully saturated rings. The highest BCUT2D eigenvalue weighted by Crippen LogP contribution is 2.28. The molecule has 0 spiro atoms. The van der Waals surface area contributed by atoms with Crippen LogP contribution in [0.1, 0.15) is 100 Å². The van der Waals surface area contributed by atoms with Gasteiger partial charge in [-0.1, -0.05) is 84.0 Å². The van der Waals surface area contributed by atoms with E-state index < -0.39 is 0 Å². The van der Waals surface area contributed by atoms with E-state index in [1.807, 2.05) is 81.4 Å². The first-order chi connectivity index (χ1) is 21.5. The second kappa shape index (κ2) is 16.9. The summed E-state index contributed by atoms with van der Waals surface area (Å²) in [5.74, 6) is 0.0592. The SMILES string of the molecule is C/C=C(\N=C(Nc1cccc(CCN(CCC)CCC)c1)C(=O)CC)c1cccc(NC(=O)c2ccc(C(C)(C)C)cc2)c1C. The molecule has 0 aliphatic rings. The Balaban J connectivity index is 1.83. The minimum absolute atomic E-state index is 0.0173. The summed E-state index contributed by atoms with van der Waals surface area (Å²) in [6.45, 7) is 19.8. The molecule has 2 N–H and O–H groups in total. The Morgan fingerprint density at radius 1 is 0.867 bits per heavy atom. The average molecular weight is 609 g/mol. The third-order valence-electron chi connectivity index (χ3n) is 7.95. The molecule has 0 heterocycles. The standard InChI is InChI=1S/C39H52N4O2/c1-9-24-43(25-10-2)26-23-29-15-13-16-32(27-29)40-37(36(44)12-4)41-34(11-3)33-17-14-18-35(28(33)5)42-38(45)30-19-21-31(22-20-30)39(6,7)8/h11,13-22,27H,9-10,12,23-26H2,1-8H3,(H,40,41)(H,42,45)/b34-11-. The molecule has 3 aromatic rings. The van der Waals surface area contributed by atoms with Crippen LogP contribution in [0.3, 0.4) is 0 Å². The van der Waals surface area contributed by atoms with Crippen LogP contribution < -0.4 is 10.6 Å². The Morgan fingerprint density at radius 2 is 1.53 bits per heavy atom. The number of carbonyl (C=O) groups excluding carboxylic acids is 2. The number of aliphatic imine (C=N–C) groups is 1. The highest BCUT2D eigenvalue weighted by molar-refractivity contribution is 6.43. The Bertz CT molecular complexity index is 1490. The molecule has 0 bridgehead atoms. The Hall–Kier alpha value is -4.03. The van der Waals surface area contributed by atoms with Gasteiger partial charge in [0, 0.05) is 35.5 Å². The molecular weight excluding hydrogens is 556 g/mol. The zero-order valence-corrected chi connectivity index (χ0v) is 28.6. The van der Waals surface area contributed by atoms with Crippen LogP contribution in [0.4, 0.5) is 11.4 Å². The van der Waals surface area contributed by atoms with Gasteiger partial charge in [-0.15, -0.1) is 0 Å². The van der Waals surface area contributed by atoms with Crippen molar-refractivity contribution in [1.29, 1.82) is 0 Å². The number of amides is 1. The summed E-state index contributed by atoms with van der Waals surface area (Å²) >= 11 is 0. The molecule has 0 unspecified atom stereocenters. The lowest BCUT2D eigenvalue weighted by Crippen LogP contribution is -2.27. The number of nitrogens with zero attached hydrogens (tertiary/aromatic N) is 2. The number of anilines is 2. The zero-order chi connectivity index (χ0) is 33.0. The maximum atomic E-state index is 13.2. The summed E-state index contributed by atoms with van der Waals surface area (Å²) in [4.78, 5) is 33.6. The van der Waals surface area contributed by atoms with Crippen molar-refractivity contribution in [3.63, 3.8) is 0 Å². The maximum absolute atomic E-state index is 13.2. The number of allylic oxidation sites excluding steroid dienone is 1. The van der Waals surface area contributed by atoms with E-state index in [1.165, 1.54) is 11.1 Å². The first-order valence-corrected chi connectivity index (χ1v) is 16.4. The molecule has 0 saturated carbocycles.